The fraction of sp³-hybridized carbons (Fsp3) is 0.600. The summed E-state index contributed by atoms with van der Waals surface area (Å²) in [6.07, 6.45) is 2.54. The van der Waals surface area contributed by atoms with Gasteiger partial charge in [0.1, 0.15) is 4.90 Å². The monoisotopic (exact) mass is 271 g/mol. The Balaban J connectivity index is 2.25. The highest BCUT2D eigenvalue weighted by molar-refractivity contribution is 7.89. The van der Waals surface area contributed by atoms with Gasteiger partial charge in [0, 0.05) is 13.1 Å². The lowest BCUT2D eigenvalue weighted by molar-refractivity contribution is 0.462. The number of sulfonamides is 1. The van der Waals surface area contributed by atoms with E-state index in [0.717, 1.165) is 0 Å². The molecule has 0 amide bonds. The second-order valence-corrected chi connectivity index (χ2v) is 6.60. The Kier molecular flexibility index (Phi) is 3.51. The largest absolute Gasteiger partial charge is 0.292 e. The predicted molar refractivity (Wildman–Crippen MR) is 66.9 cm³/mol. The van der Waals surface area contributed by atoms with Crippen LogP contribution in [0.25, 0.3) is 0 Å². The number of rotatable bonds is 3. The molecule has 1 aromatic rings. The van der Waals surface area contributed by atoms with Crippen LogP contribution >= 0.6 is 0 Å². The maximum Gasteiger partial charge on any atom is 0.246 e. The highest BCUT2D eigenvalue weighted by Gasteiger charge is 2.35. The molecule has 18 heavy (non-hydrogen) atoms. The van der Waals surface area contributed by atoms with Crippen molar-refractivity contribution in [2.45, 2.75) is 18.7 Å². The van der Waals surface area contributed by atoms with Crippen molar-refractivity contribution in [3.05, 3.63) is 12.4 Å². The summed E-state index contributed by atoms with van der Waals surface area (Å²) in [6.45, 7) is 5.19. The average Bonchev–Trinajstić information content (AvgIpc) is 2.70. The minimum Gasteiger partial charge on any atom is -0.292 e. The topological polar surface area (TPSA) is 101 Å². The molecule has 2 heterocycles. The summed E-state index contributed by atoms with van der Waals surface area (Å²) in [5, 5.41) is 0. The van der Waals surface area contributed by atoms with Crippen molar-refractivity contribution in [1.29, 1.82) is 0 Å². The molecule has 8 heteroatoms. The van der Waals surface area contributed by atoms with Gasteiger partial charge in [0.05, 0.1) is 12.4 Å². The standard InChI is InChI=1S/C10H17N5O2S/c1-7-5-15(6-8(7)2)18(16,17)9-3-12-10(14-11)13-4-9/h3-4,7-8H,5-6,11H2,1-2H3,(H,12,13,14). The van der Waals surface area contributed by atoms with Crippen molar-refractivity contribution < 1.29 is 8.42 Å². The van der Waals surface area contributed by atoms with Crippen LogP contribution in [-0.4, -0.2) is 35.8 Å². The number of hydrazine groups is 1. The summed E-state index contributed by atoms with van der Waals surface area (Å²) in [4.78, 5) is 7.74. The van der Waals surface area contributed by atoms with E-state index in [2.05, 4.69) is 29.2 Å². The van der Waals surface area contributed by atoms with Crippen molar-refractivity contribution in [2.24, 2.45) is 17.7 Å². The Morgan fingerprint density at radius 2 is 1.78 bits per heavy atom. The first kappa shape index (κ1) is 13.2. The average molecular weight is 271 g/mol. The fourth-order valence-corrected chi connectivity index (χ4v) is 3.48. The number of aromatic nitrogens is 2. The van der Waals surface area contributed by atoms with E-state index in [9.17, 15) is 8.42 Å². The molecule has 1 aliphatic rings. The van der Waals surface area contributed by atoms with E-state index in [-0.39, 0.29) is 10.8 Å². The Hall–Kier alpha value is -1.25. The maximum atomic E-state index is 12.3. The van der Waals surface area contributed by atoms with Gasteiger partial charge in [0.2, 0.25) is 16.0 Å². The van der Waals surface area contributed by atoms with Crippen molar-refractivity contribution in [2.75, 3.05) is 18.5 Å². The van der Waals surface area contributed by atoms with Crippen molar-refractivity contribution in [3.8, 4) is 0 Å². The zero-order chi connectivity index (χ0) is 13.3. The molecule has 7 nitrogen and oxygen atoms in total. The van der Waals surface area contributed by atoms with Crippen LogP contribution < -0.4 is 11.3 Å². The number of nitrogen functional groups attached to an aromatic ring is 1. The van der Waals surface area contributed by atoms with Gasteiger partial charge < -0.3 is 0 Å². The van der Waals surface area contributed by atoms with Gasteiger partial charge >= 0.3 is 0 Å². The fourth-order valence-electron chi connectivity index (χ4n) is 1.95. The molecule has 1 fully saturated rings. The van der Waals surface area contributed by atoms with Gasteiger partial charge in [-0.3, -0.25) is 5.43 Å². The molecule has 1 aromatic heterocycles. The third-order valence-corrected chi connectivity index (χ3v) is 5.13. The van der Waals surface area contributed by atoms with E-state index < -0.39 is 10.0 Å². The molecule has 2 atom stereocenters. The summed E-state index contributed by atoms with van der Waals surface area (Å²) in [5.74, 6) is 6.06. The third-order valence-electron chi connectivity index (χ3n) is 3.35. The summed E-state index contributed by atoms with van der Waals surface area (Å²) in [6, 6.07) is 0. The Morgan fingerprint density at radius 3 is 2.22 bits per heavy atom. The van der Waals surface area contributed by atoms with E-state index in [0.29, 0.717) is 24.9 Å². The van der Waals surface area contributed by atoms with E-state index in [1.165, 1.54) is 16.7 Å². The number of nitrogens with zero attached hydrogens (tertiary/aromatic N) is 3. The first-order chi connectivity index (χ1) is 8.45. The van der Waals surface area contributed by atoms with Crippen LogP contribution in [0.3, 0.4) is 0 Å². The predicted octanol–water partition coefficient (Wildman–Crippen LogP) is 0.0387. The molecule has 1 saturated heterocycles. The van der Waals surface area contributed by atoms with Gasteiger partial charge in [0.25, 0.3) is 0 Å². The van der Waals surface area contributed by atoms with Crippen LogP contribution in [0, 0.1) is 11.8 Å². The van der Waals surface area contributed by atoms with Crippen molar-refractivity contribution in [1.82, 2.24) is 14.3 Å². The zero-order valence-corrected chi connectivity index (χ0v) is 11.2. The van der Waals surface area contributed by atoms with Gasteiger partial charge in [-0.15, -0.1) is 0 Å². The molecule has 0 spiro atoms. The second-order valence-electron chi connectivity index (χ2n) is 4.66. The summed E-state index contributed by atoms with van der Waals surface area (Å²) >= 11 is 0. The number of nitrogens with two attached hydrogens (primary N) is 1. The highest BCUT2D eigenvalue weighted by atomic mass is 32.2. The quantitative estimate of drug-likeness (QED) is 0.594. The second kappa shape index (κ2) is 4.79. The van der Waals surface area contributed by atoms with Crippen LogP contribution in [0.4, 0.5) is 5.95 Å². The van der Waals surface area contributed by atoms with E-state index in [1.54, 1.807) is 0 Å². The SMILES string of the molecule is CC1CN(S(=O)(=O)c2cnc(NN)nc2)CC1C. The van der Waals surface area contributed by atoms with Gasteiger partial charge in [0.15, 0.2) is 0 Å². The van der Waals surface area contributed by atoms with Gasteiger partial charge in [-0.25, -0.2) is 24.2 Å². The summed E-state index contributed by atoms with van der Waals surface area (Å²) < 4.78 is 26.1. The molecular weight excluding hydrogens is 254 g/mol. The van der Waals surface area contributed by atoms with E-state index in [1.807, 2.05) is 0 Å². The summed E-state index contributed by atoms with van der Waals surface area (Å²) in [7, 11) is -3.49. The van der Waals surface area contributed by atoms with Crippen LogP contribution in [0.1, 0.15) is 13.8 Å². The zero-order valence-electron chi connectivity index (χ0n) is 10.4. The molecule has 0 bridgehead atoms. The minimum absolute atomic E-state index is 0.0998. The molecule has 2 unspecified atom stereocenters. The van der Waals surface area contributed by atoms with Crippen LogP contribution in [0.5, 0.6) is 0 Å². The van der Waals surface area contributed by atoms with Crippen molar-refractivity contribution in [3.63, 3.8) is 0 Å². The smallest absolute Gasteiger partial charge is 0.246 e. The first-order valence-electron chi connectivity index (χ1n) is 5.74. The number of anilines is 1. The molecule has 0 radical (unpaired) electrons. The molecular formula is C10H17N5O2S. The molecule has 0 saturated carbocycles. The lowest BCUT2D eigenvalue weighted by Gasteiger charge is -2.15. The van der Waals surface area contributed by atoms with Crippen LogP contribution in [0.15, 0.2) is 17.3 Å². The van der Waals surface area contributed by atoms with E-state index in [4.69, 9.17) is 5.84 Å². The Bertz CT molecular complexity index is 506. The van der Waals surface area contributed by atoms with Crippen molar-refractivity contribution >= 4 is 16.0 Å². The highest BCUT2D eigenvalue weighted by Crippen LogP contribution is 2.27. The minimum atomic E-state index is -3.49. The third kappa shape index (κ3) is 2.31. The molecule has 3 N–H and O–H groups in total. The summed E-state index contributed by atoms with van der Waals surface area (Å²) in [5.41, 5.74) is 2.26. The normalized spacial score (nSPS) is 25.3. The lowest BCUT2D eigenvalue weighted by atomic mass is 10.0. The molecule has 1 aliphatic heterocycles. The first-order valence-corrected chi connectivity index (χ1v) is 7.18. The van der Waals surface area contributed by atoms with Crippen LogP contribution in [0.2, 0.25) is 0 Å². The van der Waals surface area contributed by atoms with Gasteiger partial charge in [-0.1, -0.05) is 13.8 Å². The lowest BCUT2D eigenvalue weighted by Crippen LogP contribution is -2.29. The number of hydrogen-bond donors (Lipinski definition) is 2. The molecule has 0 aliphatic carbocycles. The number of hydrogen-bond acceptors (Lipinski definition) is 6. The molecule has 100 valence electrons. The number of nitrogens with one attached hydrogen (secondary N) is 1. The maximum absolute atomic E-state index is 12.3. The Morgan fingerprint density at radius 1 is 1.28 bits per heavy atom. The van der Waals surface area contributed by atoms with Gasteiger partial charge in [-0.2, -0.15) is 4.31 Å². The van der Waals surface area contributed by atoms with E-state index >= 15 is 0 Å². The molecule has 0 aromatic carbocycles. The van der Waals surface area contributed by atoms with Gasteiger partial charge in [-0.05, 0) is 11.8 Å². The molecule has 2 rings (SSSR count). The van der Waals surface area contributed by atoms with Crippen LogP contribution in [-0.2, 0) is 10.0 Å². The Labute approximate surface area is 106 Å².